The average Bonchev–Trinajstić information content (AvgIpc) is 3.98. The van der Waals surface area contributed by atoms with Crippen LogP contribution in [0.3, 0.4) is 0 Å². The van der Waals surface area contributed by atoms with Crippen LogP contribution in [0.2, 0.25) is 0 Å². The van der Waals surface area contributed by atoms with Gasteiger partial charge in [-0.05, 0) is 67.2 Å². The first-order valence-corrected chi connectivity index (χ1v) is 17.5. The zero-order valence-corrected chi connectivity index (χ0v) is 30.7. The van der Waals surface area contributed by atoms with Crippen molar-refractivity contribution >= 4 is 38.5 Å². The Hall–Kier alpha value is -6.39. The van der Waals surface area contributed by atoms with Crippen molar-refractivity contribution < 1.29 is 33.4 Å². The number of ether oxygens (including phenoxy) is 1. The van der Waals surface area contributed by atoms with E-state index in [9.17, 15) is 0 Å². The normalized spacial score (nSPS) is 14.6. The first kappa shape index (κ1) is 28.1. The number of nitrogens with zero attached hydrogens (tertiary/aromatic N) is 5. The Labute approximate surface area is 342 Å². The van der Waals surface area contributed by atoms with E-state index in [2.05, 4.69) is 41.0 Å². The Bertz CT molecular complexity index is 3090. The van der Waals surface area contributed by atoms with Gasteiger partial charge in [-0.25, -0.2) is 4.98 Å². The molecule has 10 rings (SSSR count). The summed E-state index contributed by atoms with van der Waals surface area (Å²) in [6.07, 6.45) is 4.81. The van der Waals surface area contributed by atoms with E-state index in [0.29, 0.717) is 34.1 Å². The molecule has 0 amide bonds. The molecule has 0 N–H and O–H groups in total. The minimum Gasteiger partial charge on any atom is -0.510 e. The van der Waals surface area contributed by atoms with Gasteiger partial charge in [-0.3, -0.25) is 0 Å². The van der Waals surface area contributed by atoms with Gasteiger partial charge in [0.2, 0.25) is 0 Å². The summed E-state index contributed by atoms with van der Waals surface area (Å²) in [5, 5.41) is 1.80. The summed E-state index contributed by atoms with van der Waals surface area (Å²) in [6.45, 7) is -3.29. The second kappa shape index (κ2) is 14.1. The van der Waals surface area contributed by atoms with Crippen LogP contribution in [0.15, 0.2) is 164 Å². The molecule has 3 aromatic heterocycles. The molecule has 270 valence electrons. The maximum absolute atomic E-state index is 8.64. The van der Waals surface area contributed by atoms with Crippen molar-refractivity contribution in [1.29, 1.82) is 0 Å². The Morgan fingerprint density at radius 1 is 0.655 bits per heavy atom. The molecule has 6 aromatic carbocycles. The zero-order valence-electron chi connectivity index (χ0n) is 35.1. The van der Waals surface area contributed by atoms with Crippen LogP contribution in [-0.4, -0.2) is 26.0 Å². The van der Waals surface area contributed by atoms with Crippen LogP contribution in [0.25, 0.3) is 66.6 Å². The summed E-state index contributed by atoms with van der Waals surface area (Å²) in [6, 6.07) is 53.8. The van der Waals surface area contributed by atoms with Crippen LogP contribution in [0.4, 0.5) is 5.69 Å². The van der Waals surface area contributed by atoms with Gasteiger partial charge in [0.1, 0.15) is 5.82 Å². The van der Waals surface area contributed by atoms with Crippen LogP contribution in [0.1, 0.15) is 13.8 Å². The number of aromatic nitrogens is 3. The smallest absolute Gasteiger partial charge is 0.135 e. The second-order valence-electron chi connectivity index (χ2n) is 13.1. The van der Waals surface area contributed by atoms with Gasteiger partial charge in [-0.2, -0.15) is 12.7 Å². The number of hydrogen-bond donors (Lipinski definition) is 0. The van der Waals surface area contributed by atoms with Gasteiger partial charge in [-0.1, -0.05) is 108 Å². The number of benzene rings is 6. The molecule has 6 nitrogen and oxygen atoms in total. The van der Waals surface area contributed by atoms with Crippen molar-refractivity contribution in [2.24, 2.45) is 0 Å². The van der Waals surface area contributed by atoms with Crippen molar-refractivity contribution in [3.63, 3.8) is 0 Å². The third-order valence-corrected chi connectivity index (χ3v) is 9.74. The minimum absolute atomic E-state index is 0. The summed E-state index contributed by atoms with van der Waals surface area (Å²) in [7, 11) is 0. The molecule has 1 aliphatic heterocycles. The largest absolute Gasteiger partial charge is 0.510 e. The monoisotopic (exact) mass is 808 g/mol. The van der Waals surface area contributed by atoms with Crippen LogP contribution in [0, 0.1) is 25.7 Å². The number of aryl methyl sites for hydroxylation is 1. The van der Waals surface area contributed by atoms with Crippen molar-refractivity contribution in [3.05, 3.63) is 189 Å². The van der Waals surface area contributed by atoms with Crippen LogP contribution < -0.4 is 9.64 Å². The molecular formula is C48H34N5OPd-3. The van der Waals surface area contributed by atoms with Gasteiger partial charge in [0.15, 0.2) is 0 Å². The number of fused-ring (bicyclic) bond motifs is 5. The Morgan fingerprint density at radius 2 is 1.38 bits per heavy atom. The standard InChI is InChI=1S/C48H34N5O.Pd/c1-33-26-46(49-31-43(33)35-16-8-4-9-17-35)53-45-30-39(54-40-28-36(34-14-6-3-7-15-34)27-38(29-40)51-25-24-50(2)32-51)22-23-42(45)47-48(53)41-20-12-13-21-44(41)52(47)37-18-10-5-11-19-37;/h3-28,31-32H,1-2H3;/q-3;/i1D3,2D3;. The van der Waals surface area contributed by atoms with Gasteiger partial charge in [-0.15, -0.1) is 41.6 Å². The molecular weight excluding hydrogens is 769 g/mol. The topological polar surface area (TPSA) is 38.5 Å². The first-order valence-electron chi connectivity index (χ1n) is 20.5. The van der Waals surface area contributed by atoms with E-state index < -0.39 is 13.8 Å². The second-order valence-corrected chi connectivity index (χ2v) is 13.1. The quantitative estimate of drug-likeness (QED) is 0.119. The van der Waals surface area contributed by atoms with Gasteiger partial charge in [0.25, 0.3) is 0 Å². The predicted molar refractivity (Wildman–Crippen MR) is 219 cm³/mol. The Balaban J connectivity index is 0.00000476. The molecule has 0 unspecified atom stereocenters. The Morgan fingerprint density at radius 3 is 2.15 bits per heavy atom. The van der Waals surface area contributed by atoms with Crippen molar-refractivity contribution in [3.8, 4) is 45.3 Å². The van der Waals surface area contributed by atoms with E-state index in [1.54, 1.807) is 23.4 Å². The van der Waals surface area contributed by atoms with Crippen molar-refractivity contribution in [1.82, 2.24) is 19.0 Å². The van der Waals surface area contributed by atoms with Gasteiger partial charge >= 0.3 is 0 Å². The molecule has 55 heavy (non-hydrogen) atoms. The maximum Gasteiger partial charge on any atom is 0.135 e. The summed E-state index contributed by atoms with van der Waals surface area (Å²) in [4.78, 5) is 7.83. The number of hydrogen-bond acceptors (Lipinski definition) is 4. The summed E-state index contributed by atoms with van der Waals surface area (Å²) in [5.74, 6) is 1.18. The molecule has 4 heterocycles. The Kier molecular flexibility index (Phi) is 7.21. The molecule has 0 bridgehead atoms. The molecule has 0 radical (unpaired) electrons. The van der Waals surface area contributed by atoms with E-state index in [-0.39, 0.29) is 26.0 Å². The fraction of sp³-hybridized carbons (Fsp3) is 0.0417. The SMILES string of the molecule is [2H]C([2H])([2H])c1cc(-n2c3[c-]c(Oc4[c-]c(N5C=CN(C([2H])([2H])[2H])[CH-]5)cc(-c5ccccc5)c4)ccc3c3c2c2ccccc2n3-c2ccccc2)ncc1-c1ccccc1.[Pd]. The van der Waals surface area contributed by atoms with E-state index in [1.165, 1.54) is 17.8 Å². The summed E-state index contributed by atoms with van der Waals surface area (Å²) in [5.41, 5.74) is 8.13. The fourth-order valence-corrected chi connectivity index (χ4v) is 7.32. The number of anilines is 1. The maximum atomic E-state index is 8.64. The molecule has 0 atom stereocenters. The first-order chi connectivity index (χ1) is 29.0. The summed E-state index contributed by atoms with van der Waals surface area (Å²) < 4.78 is 60.4. The third kappa shape index (κ3) is 6.08. The molecule has 0 saturated carbocycles. The summed E-state index contributed by atoms with van der Waals surface area (Å²) >= 11 is 0. The number of rotatable bonds is 7. The zero-order chi connectivity index (χ0) is 41.2. The van der Waals surface area contributed by atoms with Crippen molar-refractivity contribution in [2.45, 2.75) is 6.85 Å². The molecule has 9 aromatic rings. The van der Waals surface area contributed by atoms with Crippen LogP contribution >= 0.6 is 0 Å². The van der Waals surface area contributed by atoms with E-state index in [0.717, 1.165) is 49.7 Å². The van der Waals surface area contributed by atoms with Gasteiger partial charge in [0, 0.05) is 68.5 Å². The third-order valence-electron chi connectivity index (χ3n) is 9.74. The molecule has 0 saturated heterocycles. The minimum atomic E-state index is -2.44. The van der Waals surface area contributed by atoms with Crippen LogP contribution in [0.5, 0.6) is 11.5 Å². The fourth-order valence-electron chi connectivity index (χ4n) is 7.32. The van der Waals surface area contributed by atoms with Gasteiger partial charge in [0.05, 0.1) is 11.0 Å². The molecule has 1 aliphatic rings. The predicted octanol–water partition coefficient (Wildman–Crippen LogP) is 11.5. The molecule has 0 aliphatic carbocycles. The van der Waals surface area contributed by atoms with E-state index in [1.807, 2.05) is 120 Å². The number of pyridine rings is 1. The van der Waals surface area contributed by atoms with Crippen molar-refractivity contribution in [2.75, 3.05) is 11.9 Å². The molecule has 0 fully saturated rings. The molecule has 0 spiro atoms. The van der Waals surface area contributed by atoms with E-state index in [4.69, 9.17) is 17.9 Å². The number of para-hydroxylation sites is 2. The van der Waals surface area contributed by atoms with E-state index >= 15 is 0 Å². The van der Waals surface area contributed by atoms with Crippen LogP contribution in [-0.2, 0) is 20.4 Å². The van der Waals surface area contributed by atoms with Gasteiger partial charge < -0.3 is 23.7 Å². The molecule has 7 heteroatoms. The average molecular weight is 809 g/mol.